The first-order chi connectivity index (χ1) is 12.6. The number of pyridine rings is 1. The molecule has 1 aromatic carbocycles. The number of anilines is 1. The lowest BCUT2D eigenvalue weighted by Crippen LogP contribution is -2.42. The van der Waals surface area contributed by atoms with Gasteiger partial charge in [-0.25, -0.2) is 0 Å². The van der Waals surface area contributed by atoms with E-state index in [1.54, 1.807) is 12.4 Å². The highest BCUT2D eigenvalue weighted by molar-refractivity contribution is 6.30. The average Bonchev–Trinajstić information content (AvgIpc) is 2.65. The molecule has 1 saturated heterocycles. The first kappa shape index (κ1) is 18.5. The summed E-state index contributed by atoms with van der Waals surface area (Å²) in [7, 11) is 0. The number of carbonyl (C=O) groups is 1. The Hall–Kier alpha value is -2.31. The molecule has 6 nitrogen and oxygen atoms in total. The minimum atomic E-state index is -0.802. The Balaban J connectivity index is 1.60. The molecule has 138 valence electrons. The van der Waals surface area contributed by atoms with E-state index in [1.165, 1.54) is 0 Å². The average molecular weight is 377 g/mol. The molecule has 1 aromatic heterocycles. The van der Waals surface area contributed by atoms with Gasteiger partial charge in [-0.2, -0.15) is 0 Å². The highest BCUT2D eigenvalue weighted by Gasteiger charge is 2.22. The van der Waals surface area contributed by atoms with Gasteiger partial charge in [0.05, 0.1) is 30.8 Å². The summed E-state index contributed by atoms with van der Waals surface area (Å²) in [6, 6.07) is 9.48. The predicted octanol–water partition coefficient (Wildman–Crippen LogP) is 3.38. The fourth-order valence-electron chi connectivity index (χ4n) is 2.87. The summed E-state index contributed by atoms with van der Waals surface area (Å²) in [5.41, 5.74) is 1.93. The number of hydrogen-bond acceptors (Lipinski definition) is 5. The van der Waals surface area contributed by atoms with Crippen molar-refractivity contribution in [2.75, 3.05) is 24.6 Å². The second kappa shape index (κ2) is 8.87. The number of aliphatic carboxylic acids is 1. The molecule has 0 amide bonds. The van der Waals surface area contributed by atoms with Crippen molar-refractivity contribution < 1.29 is 19.4 Å². The fourth-order valence-corrected chi connectivity index (χ4v) is 3.08. The van der Waals surface area contributed by atoms with Gasteiger partial charge >= 0.3 is 5.97 Å². The van der Waals surface area contributed by atoms with Crippen LogP contribution in [0.1, 0.15) is 18.4 Å². The molecule has 3 rings (SSSR count). The molecule has 1 N–H and O–H groups in total. The molecule has 1 atom stereocenters. The number of aromatic nitrogens is 1. The van der Waals surface area contributed by atoms with E-state index >= 15 is 0 Å². The van der Waals surface area contributed by atoms with Gasteiger partial charge in [0, 0.05) is 30.6 Å². The van der Waals surface area contributed by atoms with E-state index < -0.39 is 5.97 Å². The van der Waals surface area contributed by atoms with Crippen LogP contribution < -0.4 is 9.64 Å². The van der Waals surface area contributed by atoms with Crippen molar-refractivity contribution in [3.63, 3.8) is 0 Å². The molecule has 0 saturated carbocycles. The van der Waals surface area contributed by atoms with Gasteiger partial charge in [-0.1, -0.05) is 23.7 Å². The third-order valence-corrected chi connectivity index (χ3v) is 4.41. The molecule has 26 heavy (non-hydrogen) atoms. The van der Waals surface area contributed by atoms with Crippen LogP contribution in [0.2, 0.25) is 5.02 Å². The molecular formula is C19H21ClN2O4. The lowest BCUT2D eigenvalue weighted by Gasteiger charge is -2.34. The van der Waals surface area contributed by atoms with Gasteiger partial charge in [0.15, 0.2) is 0 Å². The topological polar surface area (TPSA) is 71.9 Å². The quantitative estimate of drug-likeness (QED) is 0.798. The zero-order valence-corrected chi connectivity index (χ0v) is 15.1. The van der Waals surface area contributed by atoms with Crippen LogP contribution in [0, 0.1) is 0 Å². The number of halogens is 1. The van der Waals surface area contributed by atoms with Crippen molar-refractivity contribution in [2.24, 2.45) is 0 Å². The second-order valence-corrected chi connectivity index (χ2v) is 6.61. The summed E-state index contributed by atoms with van der Waals surface area (Å²) in [5.74, 6) is -0.125. The molecule has 7 heteroatoms. The third kappa shape index (κ3) is 5.34. The molecule has 1 aliphatic heterocycles. The zero-order chi connectivity index (χ0) is 18.4. The summed E-state index contributed by atoms with van der Waals surface area (Å²) in [5, 5.41) is 9.51. The molecule has 2 heterocycles. The van der Waals surface area contributed by atoms with E-state index in [4.69, 9.17) is 26.2 Å². The highest BCUT2D eigenvalue weighted by Crippen LogP contribution is 2.23. The number of benzene rings is 1. The Morgan fingerprint density at radius 2 is 2.27 bits per heavy atom. The lowest BCUT2D eigenvalue weighted by atomic mass is 10.1. The van der Waals surface area contributed by atoms with Gasteiger partial charge < -0.3 is 19.5 Å². The Morgan fingerprint density at radius 3 is 3.08 bits per heavy atom. The lowest BCUT2D eigenvalue weighted by molar-refractivity contribution is -0.137. The Morgan fingerprint density at radius 1 is 1.38 bits per heavy atom. The van der Waals surface area contributed by atoms with Crippen LogP contribution in [0.3, 0.4) is 0 Å². The van der Waals surface area contributed by atoms with Crippen LogP contribution in [0.15, 0.2) is 42.7 Å². The van der Waals surface area contributed by atoms with Crippen molar-refractivity contribution in [1.82, 2.24) is 4.98 Å². The maximum atomic E-state index is 10.7. The van der Waals surface area contributed by atoms with Gasteiger partial charge in [0.25, 0.3) is 0 Å². The Labute approximate surface area is 157 Å². The van der Waals surface area contributed by atoms with Crippen LogP contribution in [-0.2, 0) is 16.1 Å². The van der Waals surface area contributed by atoms with Crippen molar-refractivity contribution in [3.05, 3.63) is 53.3 Å². The van der Waals surface area contributed by atoms with Crippen LogP contribution in [0.4, 0.5) is 5.69 Å². The number of carboxylic acids is 1. The van der Waals surface area contributed by atoms with E-state index in [0.717, 1.165) is 17.8 Å². The van der Waals surface area contributed by atoms with Crippen molar-refractivity contribution >= 4 is 23.3 Å². The molecule has 2 aromatic rings. The minimum Gasteiger partial charge on any atom is -0.487 e. The van der Waals surface area contributed by atoms with Gasteiger partial charge in [-0.3, -0.25) is 9.78 Å². The van der Waals surface area contributed by atoms with Crippen LogP contribution in [0.5, 0.6) is 5.75 Å². The van der Waals surface area contributed by atoms with Crippen LogP contribution in [-0.4, -0.2) is 41.9 Å². The standard InChI is InChI=1S/C19H21ClN2O4/c20-15-3-1-2-14(8-15)13-26-18-9-16(10-21-11-18)22-6-7-25-17(12-22)4-5-19(23)24/h1-3,8-11,17H,4-7,12-13H2,(H,23,24)/t17-/m0/s1. The first-order valence-electron chi connectivity index (χ1n) is 8.51. The zero-order valence-electron chi connectivity index (χ0n) is 14.3. The Bertz CT molecular complexity index is 756. The number of carboxylic acid groups (broad SMARTS) is 1. The van der Waals surface area contributed by atoms with E-state index in [1.807, 2.05) is 30.3 Å². The van der Waals surface area contributed by atoms with Crippen molar-refractivity contribution in [2.45, 2.75) is 25.6 Å². The van der Waals surface area contributed by atoms with E-state index in [9.17, 15) is 4.79 Å². The van der Waals surface area contributed by atoms with Crippen LogP contribution in [0.25, 0.3) is 0 Å². The molecular weight excluding hydrogens is 356 g/mol. The second-order valence-electron chi connectivity index (χ2n) is 6.17. The molecule has 0 radical (unpaired) electrons. The molecule has 1 fully saturated rings. The molecule has 0 spiro atoms. The summed E-state index contributed by atoms with van der Waals surface area (Å²) < 4.78 is 11.5. The van der Waals surface area contributed by atoms with Crippen molar-refractivity contribution in [3.8, 4) is 5.75 Å². The largest absolute Gasteiger partial charge is 0.487 e. The number of nitrogens with zero attached hydrogens (tertiary/aromatic N) is 2. The minimum absolute atomic E-state index is 0.0871. The van der Waals surface area contributed by atoms with Gasteiger partial charge in [-0.05, 0) is 24.1 Å². The normalized spacial score (nSPS) is 17.1. The summed E-state index contributed by atoms with van der Waals surface area (Å²) in [6.07, 6.45) is 3.99. The molecule has 0 bridgehead atoms. The Kier molecular flexibility index (Phi) is 6.30. The van der Waals surface area contributed by atoms with Crippen molar-refractivity contribution in [1.29, 1.82) is 0 Å². The van der Waals surface area contributed by atoms with Gasteiger partial charge in [0.2, 0.25) is 0 Å². The number of hydrogen-bond donors (Lipinski definition) is 1. The SMILES string of the molecule is O=C(O)CC[C@H]1CN(c2cncc(OCc3cccc(Cl)c3)c2)CCO1. The number of ether oxygens (including phenoxy) is 2. The van der Waals surface area contributed by atoms with E-state index in [0.29, 0.717) is 37.0 Å². The van der Waals surface area contributed by atoms with E-state index in [-0.39, 0.29) is 12.5 Å². The third-order valence-electron chi connectivity index (χ3n) is 4.18. The number of rotatable bonds is 7. The highest BCUT2D eigenvalue weighted by atomic mass is 35.5. The first-order valence-corrected chi connectivity index (χ1v) is 8.88. The van der Waals surface area contributed by atoms with E-state index in [2.05, 4.69) is 9.88 Å². The maximum absolute atomic E-state index is 10.7. The molecule has 0 unspecified atom stereocenters. The van der Waals surface area contributed by atoms with Gasteiger partial charge in [-0.15, -0.1) is 0 Å². The maximum Gasteiger partial charge on any atom is 0.303 e. The summed E-state index contributed by atoms with van der Waals surface area (Å²) in [4.78, 5) is 17.2. The van der Waals surface area contributed by atoms with Crippen LogP contribution >= 0.6 is 11.6 Å². The molecule has 1 aliphatic rings. The predicted molar refractivity (Wildman–Crippen MR) is 98.8 cm³/mol. The fraction of sp³-hybridized carbons (Fsp3) is 0.368. The summed E-state index contributed by atoms with van der Waals surface area (Å²) >= 11 is 5.99. The number of morpholine rings is 1. The smallest absolute Gasteiger partial charge is 0.303 e. The molecule has 0 aliphatic carbocycles. The van der Waals surface area contributed by atoms with Gasteiger partial charge in [0.1, 0.15) is 12.4 Å². The summed E-state index contributed by atoms with van der Waals surface area (Å²) in [6.45, 7) is 2.36. The monoisotopic (exact) mass is 376 g/mol.